The average molecular weight is 286 g/mol. The summed E-state index contributed by atoms with van der Waals surface area (Å²) >= 11 is 3.14. The van der Waals surface area contributed by atoms with Crippen LogP contribution in [0.15, 0.2) is 21.2 Å². The van der Waals surface area contributed by atoms with Crippen LogP contribution in [0.2, 0.25) is 0 Å². The van der Waals surface area contributed by atoms with Crippen molar-refractivity contribution in [2.45, 2.75) is 25.6 Å². The normalized spacial score (nSPS) is 12.0. The van der Waals surface area contributed by atoms with Gasteiger partial charge in [-0.25, -0.2) is 0 Å². The van der Waals surface area contributed by atoms with Crippen molar-refractivity contribution in [1.29, 1.82) is 0 Å². The maximum Gasteiger partial charge on any atom is 0.389 e. The van der Waals surface area contributed by atoms with Crippen LogP contribution in [0, 0.1) is 0 Å². The van der Waals surface area contributed by atoms with Gasteiger partial charge >= 0.3 is 6.18 Å². The summed E-state index contributed by atoms with van der Waals surface area (Å²) in [6.07, 6.45) is -4.72. The van der Waals surface area contributed by atoms with E-state index in [4.69, 9.17) is 4.42 Å². The van der Waals surface area contributed by atoms with Gasteiger partial charge in [0.15, 0.2) is 4.67 Å². The number of hydrogen-bond acceptors (Lipinski definition) is 2. The van der Waals surface area contributed by atoms with Crippen LogP contribution in [-0.2, 0) is 6.54 Å². The van der Waals surface area contributed by atoms with E-state index in [1.807, 2.05) is 0 Å². The first-order valence-electron chi connectivity index (χ1n) is 4.49. The minimum Gasteiger partial charge on any atom is -0.453 e. The number of rotatable bonds is 5. The molecule has 0 atom stereocenters. The van der Waals surface area contributed by atoms with Crippen molar-refractivity contribution in [2.75, 3.05) is 6.54 Å². The van der Waals surface area contributed by atoms with E-state index in [0.29, 0.717) is 23.5 Å². The molecule has 86 valence electrons. The Kier molecular flexibility index (Phi) is 4.66. The lowest BCUT2D eigenvalue weighted by Gasteiger charge is -2.06. The zero-order chi connectivity index (χ0) is 11.3. The predicted molar refractivity (Wildman–Crippen MR) is 53.4 cm³/mol. The van der Waals surface area contributed by atoms with Crippen LogP contribution in [0.3, 0.4) is 0 Å². The fourth-order valence-electron chi connectivity index (χ4n) is 1.07. The van der Waals surface area contributed by atoms with Gasteiger partial charge in [-0.15, -0.1) is 0 Å². The molecule has 1 heterocycles. The molecule has 2 nitrogen and oxygen atoms in total. The Bertz CT molecular complexity index is 298. The molecule has 0 radical (unpaired) electrons. The smallest absolute Gasteiger partial charge is 0.389 e. The van der Waals surface area contributed by atoms with Crippen molar-refractivity contribution in [3.05, 3.63) is 22.6 Å². The zero-order valence-electron chi connectivity index (χ0n) is 7.90. The molecule has 1 aromatic rings. The molecule has 0 unspecified atom stereocenters. The quantitative estimate of drug-likeness (QED) is 0.838. The molecule has 1 aromatic heterocycles. The Balaban J connectivity index is 2.07. The van der Waals surface area contributed by atoms with Crippen LogP contribution in [0.4, 0.5) is 13.2 Å². The second-order valence-electron chi connectivity index (χ2n) is 3.10. The summed E-state index contributed by atoms with van der Waals surface area (Å²) in [4.78, 5) is 0. The van der Waals surface area contributed by atoms with E-state index in [-0.39, 0.29) is 6.42 Å². The van der Waals surface area contributed by atoms with E-state index in [0.717, 1.165) is 0 Å². The first-order chi connectivity index (χ1) is 6.97. The number of halogens is 4. The summed E-state index contributed by atoms with van der Waals surface area (Å²) in [5, 5.41) is 2.87. The minimum absolute atomic E-state index is 0.0887. The summed E-state index contributed by atoms with van der Waals surface area (Å²) in [6.45, 7) is 0.779. The molecule has 0 amide bonds. The fourth-order valence-corrected chi connectivity index (χ4v) is 1.41. The van der Waals surface area contributed by atoms with Crippen molar-refractivity contribution < 1.29 is 17.6 Å². The van der Waals surface area contributed by atoms with Crippen LogP contribution in [0.1, 0.15) is 18.6 Å². The SMILES string of the molecule is FC(F)(F)CCCNCc1ccc(Br)o1. The lowest BCUT2D eigenvalue weighted by atomic mass is 10.3. The van der Waals surface area contributed by atoms with Crippen LogP contribution in [0.25, 0.3) is 0 Å². The summed E-state index contributed by atoms with van der Waals surface area (Å²) < 4.78 is 41.1. The highest BCUT2D eigenvalue weighted by Gasteiger charge is 2.25. The van der Waals surface area contributed by atoms with Crippen molar-refractivity contribution in [1.82, 2.24) is 5.32 Å². The predicted octanol–water partition coefficient (Wildman–Crippen LogP) is 3.47. The fraction of sp³-hybridized carbons (Fsp3) is 0.556. The summed E-state index contributed by atoms with van der Waals surface area (Å²) in [5.74, 6) is 0.703. The average Bonchev–Trinajstić information content (AvgIpc) is 2.49. The molecule has 0 fully saturated rings. The third kappa shape index (κ3) is 5.84. The van der Waals surface area contributed by atoms with E-state index in [1.54, 1.807) is 12.1 Å². The van der Waals surface area contributed by atoms with Crippen LogP contribution in [-0.4, -0.2) is 12.7 Å². The largest absolute Gasteiger partial charge is 0.453 e. The van der Waals surface area contributed by atoms with E-state index in [9.17, 15) is 13.2 Å². The molecule has 6 heteroatoms. The van der Waals surface area contributed by atoms with E-state index in [2.05, 4.69) is 21.2 Å². The van der Waals surface area contributed by atoms with Crippen molar-refractivity contribution in [2.24, 2.45) is 0 Å². The lowest BCUT2D eigenvalue weighted by molar-refractivity contribution is -0.135. The first-order valence-corrected chi connectivity index (χ1v) is 5.28. The Morgan fingerprint density at radius 3 is 2.60 bits per heavy atom. The second kappa shape index (κ2) is 5.55. The third-order valence-electron chi connectivity index (χ3n) is 1.74. The van der Waals surface area contributed by atoms with E-state index >= 15 is 0 Å². The monoisotopic (exact) mass is 285 g/mol. The highest BCUT2D eigenvalue weighted by Crippen LogP contribution is 2.20. The van der Waals surface area contributed by atoms with Gasteiger partial charge in [-0.05, 0) is 41.0 Å². The standard InChI is InChI=1S/C9H11BrF3NO/c10-8-3-2-7(15-8)6-14-5-1-4-9(11,12)13/h2-3,14H,1,4-6H2. The molecule has 0 aromatic carbocycles. The zero-order valence-corrected chi connectivity index (χ0v) is 9.49. The molecule has 0 aliphatic heterocycles. The maximum absolute atomic E-state index is 11.8. The third-order valence-corrected chi connectivity index (χ3v) is 2.17. The van der Waals surface area contributed by atoms with Crippen LogP contribution >= 0.6 is 15.9 Å². The van der Waals surface area contributed by atoms with Gasteiger partial charge in [0.25, 0.3) is 0 Å². The lowest BCUT2D eigenvalue weighted by Crippen LogP contribution is -2.17. The number of furan rings is 1. The Labute approximate surface area is 94.0 Å². The van der Waals surface area contributed by atoms with Gasteiger partial charge in [-0.2, -0.15) is 13.2 Å². The first kappa shape index (κ1) is 12.6. The van der Waals surface area contributed by atoms with Gasteiger partial charge < -0.3 is 9.73 Å². The molecule has 1 N–H and O–H groups in total. The highest BCUT2D eigenvalue weighted by atomic mass is 79.9. The Morgan fingerprint density at radius 2 is 2.07 bits per heavy atom. The van der Waals surface area contributed by atoms with E-state index < -0.39 is 12.6 Å². The topological polar surface area (TPSA) is 25.2 Å². The van der Waals surface area contributed by atoms with E-state index in [1.165, 1.54) is 0 Å². The molecule has 0 aliphatic carbocycles. The summed E-state index contributed by atoms with van der Waals surface area (Å²) in [5.41, 5.74) is 0. The molecule has 1 rings (SSSR count). The van der Waals surface area contributed by atoms with Gasteiger partial charge in [-0.1, -0.05) is 0 Å². The number of nitrogens with one attached hydrogen (secondary N) is 1. The molecule has 15 heavy (non-hydrogen) atoms. The maximum atomic E-state index is 11.8. The highest BCUT2D eigenvalue weighted by molar-refractivity contribution is 9.10. The molecule has 0 aliphatic rings. The van der Waals surface area contributed by atoms with Gasteiger partial charge in [0.1, 0.15) is 5.76 Å². The minimum atomic E-state index is -4.06. The van der Waals surface area contributed by atoms with Gasteiger partial charge in [0.05, 0.1) is 6.54 Å². The van der Waals surface area contributed by atoms with Crippen molar-refractivity contribution in [3.63, 3.8) is 0 Å². The van der Waals surface area contributed by atoms with Gasteiger partial charge in [0.2, 0.25) is 0 Å². The number of alkyl halides is 3. The molecule has 0 bridgehead atoms. The second-order valence-corrected chi connectivity index (χ2v) is 3.88. The summed E-state index contributed by atoms with van der Waals surface area (Å²) in [6, 6.07) is 3.51. The van der Waals surface area contributed by atoms with Crippen molar-refractivity contribution >= 4 is 15.9 Å². The molecule has 0 spiro atoms. The van der Waals surface area contributed by atoms with Gasteiger partial charge in [0, 0.05) is 6.42 Å². The van der Waals surface area contributed by atoms with Gasteiger partial charge in [-0.3, -0.25) is 0 Å². The van der Waals surface area contributed by atoms with Crippen LogP contribution < -0.4 is 5.32 Å². The Morgan fingerprint density at radius 1 is 1.33 bits per heavy atom. The Hall–Kier alpha value is -0.490. The van der Waals surface area contributed by atoms with Crippen LogP contribution in [0.5, 0.6) is 0 Å². The number of hydrogen-bond donors (Lipinski definition) is 1. The summed E-state index contributed by atoms with van der Waals surface area (Å²) in [7, 11) is 0. The van der Waals surface area contributed by atoms with Crippen molar-refractivity contribution in [3.8, 4) is 0 Å². The molecule has 0 saturated carbocycles. The molecule has 0 saturated heterocycles. The molecular formula is C9H11BrF3NO. The molecular weight excluding hydrogens is 275 g/mol.